The predicted octanol–water partition coefficient (Wildman–Crippen LogP) is 1.64. The second-order valence-electron chi connectivity index (χ2n) is 3.77. The molecule has 0 aliphatic heterocycles. The van der Waals surface area contributed by atoms with Crippen LogP contribution in [0.2, 0.25) is 0 Å². The molecule has 0 spiro atoms. The van der Waals surface area contributed by atoms with E-state index in [-0.39, 0.29) is 12.3 Å². The van der Waals surface area contributed by atoms with E-state index in [0.717, 1.165) is 16.5 Å². The Labute approximate surface area is 92.7 Å². The maximum absolute atomic E-state index is 11.0. The monoisotopic (exact) mass is 219 g/mol. The molecular formula is C12H13NO3. The van der Waals surface area contributed by atoms with E-state index in [1.54, 1.807) is 10.6 Å². The Morgan fingerprint density at radius 3 is 2.75 bits per heavy atom. The maximum Gasteiger partial charge on any atom is 0.352 e. The fourth-order valence-electron chi connectivity index (χ4n) is 1.91. The molecule has 0 radical (unpaired) electrons. The third-order valence-electron chi connectivity index (χ3n) is 2.60. The van der Waals surface area contributed by atoms with E-state index in [4.69, 9.17) is 10.2 Å². The zero-order valence-electron chi connectivity index (χ0n) is 8.97. The highest BCUT2D eigenvalue weighted by atomic mass is 16.4. The first-order valence-electron chi connectivity index (χ1n) is 5.07. The summed E-state index contributed by atoms with van der Waals surface area (Å²) in [7, 11) is 0. The Morgan fingerprint density at radius 2 is 2.12 bits per heavy atom. The molecule has 0 saturated heterocycles. The van der Waals surface area contributed by atoms with Gasteiger partial charge in [0.15, 0.2) is 0 Å². The summed E-state index contributed by atoms with van der Waals surface area (Å²) >= 11 is 0. The van der Waals surface area contributed by atoms with Crippen molar-refractivity contribution in [2.45, 2.75) is 13.5 Å². The van der Waals surface area contributed by atoms with Gasteiger partial charge in [-0.3, -0.25) is 0 Å². The van der Waals surface area contributed by atoms with Crippen LogP contribution in [0, 0.1) is 6.92 Å². The van der Waals surface area contributed by atoms with Crippen molar-refractivity contribution in [2.24, 2.45) is 0 Å². The first-order chi connectivity index (χ1) is 7.63. The Kier molecular flexibility index (Phi) is 2.66. The predicted molar refractivity (Wildman–Crippen MR) is 60.7 cm³/mol. The van der Waals surface area contributed by atoms with Gasteiger partial charge in [0.2, 0.25) is 0 Å². The number of aliphatic hydroxyl groups excluding tert-OH is 1. The Morgan fingerprint density at radius 1 is 1.38 bits per heavy atom. The summed E-state index contributed by atoms with van der Waals surface area (Å²) in [6, 6.07) is 7.39. The smallest absolute Gasteiger partial charge is 0.352 e. The van der Waals surface area contributed by atoms with Crippen molar-refractivity contribution < 1.29 is 15.0 Å². The summed E-state index contributed by atoms with van der Waals surface area (Å²) in [4.78, 5) is 11.0. The van der Waals surface area contributed by atoms with Crippen molar-refractivity contribution in [1.82, 2.24) is 4.57 Å². The molecule has 16 heavy (non-hydrogen) atoms. The highest BCUT2D eigenvalue weighted by molar-refractivity contribution is 5.94. The van der Waals surface area contributed by atoms with Gasteiger partial charge in [0, 0.05) is 17.4 Å². The van der Waals surface area contributed by atoms with Crippen LogP contribution in [0.15, 0.2) is 24.3 Å². The molecule has 0 bridgehead atoms. The number of aryl methyl sites for hydroxylation is 1. The summed E-state index contributed by atoms with van der Waals surface area (Å²) < 4.78 is 1.62. The van der Waals surface area contributed by atoms with Crippen LogP contribution in [0.25, 0.3) is 10.9 Å². The van der Waals surface area contributed by atoms with E-state index in [1.165, 1.54) is 0 Å². The lowest BCUT2D eigenvalue weighted by Gasteiger charge is -2.05. The van der Waals surface area contributed by atoms with Gasteiger partial charge >= 0.3 is 5.97 Å². The summed E-state index contributed by atoms with van der Waals surface area (Å²) in [6.07, 6.45) is 0. The minimum atomic E-state index is -0.970. The Bertz CT molecular complexity index is 542. The molecule has 0 aliphatic carbocycles. The maximum atomic E-state index is 11.0. The first-order valence-corrected chi connectivity index (χ1v) is 5.07. The van der Waals surface area contributed by atoms with E-state index in [9.17, 15) is 4.79 Å². The third-order valence-corrected chi connectivity index (χ3v) is 2.60. The molecule has 0 fully saturated rings. The van der Waals surface area contributed by atoms with Gasteiger partial charge in [-0.25, -0.2) is 4.79 Å². The van der Waals surface area contributed by atoms with Crippen molar-refractivity contribution in [1.29, 1.82) is 0 Å². The molecule has 1 aromatic heterocycles. The number of carboxylic acids is 1. The van der Waals surface area contributed by atoms with Crippen LogP contribution in [-0.2, 0) is 6.54 Å². The molecule has 0 aliphatic rings. The molecule has 0 atom stereocenters. The van der Waals surface area contributed by atoms with Crippen molar-refractivity contribution in [3.05, 3.63) is 35.5 Å². The average molecular weight is 219 g/mol. The van der Waals surface area contributed by atoms with Crippen molar-refractivity contribution in [3.63, 3.8) is 0 Å². The van der Waals surface area contributed by atoms with Gasteiger partial charge in [0.25, 0.3) is 0 Å². The number of carboxylic acid groups (broad SMARTS) is 1. The number of aliphatic hydroxyl groups is 1. The quantitative estimate of drug-likeness (QED) is 0.824. The lowest BCUT2D eigenvalue weighted by atomic mass is 10.2. The van der Waals surface area contributed by atoms with Crippen LogP contribution >= 0.6 is 0 Å². The van der Waals surface area contributed by atoms with E-state index >= 15 is 0 Å². The van der Waals surface area contributed by atoms with Crippen LogP contribution in [0.1, 0.15) is 16.1 Å². The highest BCUT2D eigenvalue weighted by Gasteiger charge is 2.13. The van der Waals surface area contributed by atoms with Gasteiger partial charge in [-0.2, -0.15) is 0 Å². The molecule has 2 N–H and O–H groups in total. The van der Waals surface area contributed by atoms with Crippen LogP contribution in [0.5, 0.6) is 0 Å². The summed E-state index contributed by atoms with van der Waals surface area (Å²) in [6.45, 7) is 2.19. The Hall–Kier alpha value is -1.81. The standard InChI is InChI=1S/C12H13NO3/c1-8-2-3-10-9(6-8)7-11(12(15)16)13(10)4-5-14/h2-3,6-7,14H,4-5H2,1H3,(H,15,16). The van der Waals surface area contributed by atoms with Gasteiger partial charge in [0.1, 0.15) is 5.69 Å². The SMILES string of the molecule is Cc1ccc2c(c1)cc(C(=O)O)n2CCO. The topological polar surface area (TPSA) is 62.5 Å². The second kappa shape index (κ2) is 3.98. The molecule has 0 unspecified atom stereocenters. The number of fused-ring (bicyclic) bond motifs is 1. The zero-order valence-corrected chi connectivity index (χ0v) is 8.97. The lowest BCUT2D eigenvalue weighted by molar-refractivity contribution is 0.0684. The number of rotatable bonds is 3. The van der Waals surface area contributed by atoms with Gasteiger partial charge < -0.3 is 14.8 Å². The van der Waals surface area contributed by atoms with Gasteiger partial charge in [-0.1, -0.05) is 11.6 Å². The normalized spacial score (nSPS) is 10.9. The summed E-state index contributed by atoms with van der Waals surface area (Å²) in [5, 5.41) is 18.9. The fourth-order valence-corrected chi connectivity index (χ4v) is 1.91. The minimum absolute atomic E-state index is 0.0715. The number of carbonyl (C=O) groups is 1. The number of benzene rings is 1. The van der Waals surface area contributed by atoms with Gasteiger partial charge in [0.05, 0.1) is 6.61 Å². The van der Waals surface area contributed by atoms with Crippen LogP contribution in [0.4, 0.5) is 0 Å². The van der Waals surface area contributed by atoms with E-state index in [0.29, 0.717) is 6.54 Å². The van der Waals surface area contributed by atoms with Crippen LogP contribution in [0.3, 0.4) is 0 Å². The molecule has 0 saturated carbocycles. The fraction of sp³-hybridized carbons (Fsp3) is 0.250. The van der Waals surface area contributed by atoms with Crippen LogP contribution < -0.4 is 0 Å². The molecular weight excluding hydrogens is 206 g/mol. The van der Waals surface area contributed by atoms with Gasteiger partial charge in [-0.05, 0) is 25.1 Å². The summed E-state index contributed by atoms with van der Waals surface area (Å²) in [5.41, 5.74) is 2.15. The van der Waals surface area contributed by atoms with Crippen molar-refractivity contribution in [3.8, 4) is 0 Å². The largest absolute Gasteiger partial charge is 0.477 e. The zero-order chi connectivity index (χ0) is 11.7. The molecule has 4 nitrogen and oxygen atoms in total. The molecule has 84 valence electrons. The number of aromatic carboxylic acids is 1. The number of aromatic nitrogens is 1. The van der Waals surface area contributed by atoms with Gasteiger partial charge in [-0.15, -0.1) is 0 Å². The molecule has 2 aromatic rings. The molecule has 1 aromatic carbocycles. The van der Waals surface area contributed by atoms with E-state index in [1.807, 2.05) is 25.1 Å². The molecule has 0 amide bonds. The number of hydrogen-bond donors (Lipinski definition) is 2. The van der Waals surface area contributed by atoms with Crippen LogP contribution in [-0.4, -0.2) is 27.4 Å². The average Bonchev–Trinajstić information content (AvgIpc) is 2.57. The van der Waals surface area contributed by atoms with E-state index < -0.39 is 5.97 Å². The van der Waals surface area contributed by atoms with Crippen molar-refractivity contribution in [2.75, 3.05) is 6.61 Å². The molecule has 4 heteroatoms. The summed E-state index contributed by atoms with van der Waals surface area (Å²) in [5.74, 6) is -0.970. The van der Waals surface area contributed by atoms with E-state index in [2.05, 4.69) is 0 Å². The lowest BCUT2D eigenvalue weighted by Crippen LogP contribution is -2.10. The number of nitrogens with zero attached hydrogens (tertiary/aromatic N) is 1. The molecule has 1 heterocycles. The Balaban J connectivity index is 2.70. The molecule has 2 rings (SSSR count). The second-order valence-corrected chi connectivity index (χ2v) is 3.77. The first kappa shape index (κ1) is 10.7. The minimum Gasteiger partial charge on any atom is -0.477 e. The third kappa shape index (κ3) is 1.67. The van der Waals surface area contributed by atoms with Crippen molar-refractivity contribution >= 4 is 16.9 Å². The number of hydrogen-bond acceptors (Lipinski definition) is 2. The highest BCUT2D eigenvalue weighted by Crippen LogP contribution is 2.21.